The third-order valence-electron chi connectivity index (χ3n) is 2.34. The first kappa shape index (κ1) is 11.6. The Kier molecular flexibility index (Phi) is 3.10. The van der Waals surface area contributed by atoms with E-state index in [9.17, 15) is 9.59 Å². The number of ether oxygens (including phenoxy) is 2. The quantitative estimate of drug-likeness (QED) is 0.568. The molecule has 5 nitrogen and oxygen atoms in total. The van der Waals surface area contributed by atoms with Crippen molar-refractivity contribution in [1.82, 2.24) is 5.32 Å². The second-order valence-electron chi connectivity index (χ2n) is 3.79. The summed E-state index contributed by atoms with van der Waals surface area (Å²) < 4.78 is 10.1. The summed E-state index contributed by atoms with van der Waals surface area (Å²) in [4.78, 5) is 21.9. The zero-order chi connectivity index (χ0) is 12.4. The fraction of sp³-hybridized carbons (Fsp3) is 0.333. The average molecular weight is 234 g/mol. The van der Waals surface area contributed by atoms with Crippen molar-refractivity contribution in [3.05, 3.63) is 23.3 Å². The maximum absolute atomic E-state index is 11.0. The lowest BCUT2D eigenvalue weighted by Gasteiger charge is -2.10. The second kappa shape index (κ2) is 4.55. The molecule has 1 heterocycles. The predicted octanol–water partition coefficient (Wildman–Crippen LogP) is 1.16. The molecular weight excluding hydrogens is 222 g/mol. The van der Waals surface area contributed by atoms with Crippen LogP contribution in [-0.4, -0.2) is 11.9 Å². The molecule has 0 unspecified atom stereocenters. The molecule has 0 saturated heterocycles. The highest BCUT2D eigenvalue weighted by Gasteiger charge is 2.19. The van der Waals surface area contributed by atoms with Crippen molar-refractivity contribution in [3.8, 4) is 11.5 Å². The maximum Gasteiger partial charge on any atom is 0.308 e. The fourth-order valence-corrected chi connectivity index (χ4v) is 1.75. The standard InChI is InChI=1S/C12H12NO4/c1-7(14)16-10-3-9-5-13-6-11(9)12(4-10)17-8(2)15/h3-4H,5-6H2,1-2H3. The van der Waals surface area contributed by atoms with E-state index in [1.165, 1.54) is 13.8 Å². The lowest BCUT2D eigenvalue weighted by atomic mass is 10.1. The second-order valence-corrected chi connectivity index (χ2v) is 3.79. The first-order valence-electron chi connectivity index (χ1n) is 5.22. The highest BCUT2D eigenvalue weighted by Crippen LogP contribution is 2.32. The molecule has 1 aromatic rings. The number of carbonyl (C=O) groups is 2. The van der Waals surface area contributed by atoms with Crippen molar-refractivity contribution in [2.24, 2.45) is 0 Å². The van der Waals surface area contributed by atoms with Crippen molar-refractivity contribution in [2.45, 2.75) is 26.9 Å². The Morgan fingerprint density at radius 1 is 1.12 bits per heavy atom. The number of carbonyl (C=O) groups excluding carboxylic acids is 2. The number of hydrogen-bond donors (Lipinski definition) is 0. The van der Waals surface area contributed by atoms with E-state index in [2.05, 4.69) is 5.32 Å². The molecule has 0 aromatic heterocycles. The molecule has 17 heavy (non-hydrogen) atoms. The molecule has 1 aromatic carbocycles. The first-order chi connectivity index (χ1) is 8.06. The van der Waals surface area contributed by atoms with Crippen LogP contribution in [0.25, 0.3) is 0 Å². The summed E-state index contributed by atoms with van der Waals surface area (Å²) in [5.41, 5.74) is 1.82. The number of esters is 2. The molecule has 0 N–H and O–H groups in total. The van der Waals surface area contributed by atoms with Gasteiger partial charge >= 0.3 is 11.9 Å². The predicted molar refractivity (Wildman–Crippen MR) is 58.6 cm³/mol. The van der Waals surface area contributed by atoms with Gasteiger partial charge in [-0.3, -0.25) is 9.59 Å². The van der Waals surface area contributed by atoms with E-state index in [-0.39, 0.29) is 0 Å². The largest absolute Gasteiger partial charge is 0.427 e. The van der Waals surface area contributed by atoms with Gasteiger partial charge in [-0.25, -0.2) is 5.32 Å². The number of fused-ring (bicyclic) bond motifs is 1. The third-order valence-corrected chi connectivity index (χ3v) is 2.34. The van der Waals surface area contributed by atoms with E-state index in [1.807, 2.05) is 0 Å². The first-order valence-corrected chi connectivity index (χ1v) is 5.22. The van der Waals surface area contributed by atoms with Gasteiger partial charge in [0.2, 0.25) is 0 Å². The van der Waals surface area contributed by atoms with Crippen LogP contribution in [0.15, 0.2) is 12.1 Å². The van der Waals surface area contributed by atoms with Gasteiger partial charge in [-0.2, -0.15) is 0 Å². The maximum atomic E-state index is 11.0. The fourth-order valence-electron chi connectivity index (χ4n) is 1.75. The van der Waals surface area contributed by atoms with Crippen LogP contribution in [0.1, 0.15) is 25.0 Å². The van der Waals surface area contributed by atoms with Gasteiger partial charge in [-0.15, -0.1) is 0 Å². The molecule has 0 atom stereocenters. The van der Waals surface area contributed by atoms with Crippen LogP contribution in [0.3, 0.4) is 0 Å². The normalized spacial score (nSPS) is 13.1. The monoisotopic (exact) mass is 234 g/mol. The minimum Gasteiger partial charge on any atom is -0.427 e. The Labute approximate surface area is 98.7 Å². The van der Waals surface area contributed by atoms with Crippen molar-refractivity contribution < 1.29 is 19.1 Å². The molecule has 5 heteroatoms. The number of benzene rings is 1. The summed E-state index contributed by atoms with van der Waals surface area (Å²) >= 11 is 0. The molecule has 0 fully saturated rings. The molecule has 89 valence electrons. The molecule has 1 aliphatic rings. The summed E-state index contributed by atoms with van der Waals surface area (Å²) in [6.45, 7) is 3.73. The lowest BCUT2D eigenvalue weighted by molar-refractivity contribution is -0.132. The summed E-state index contributed by atoms with van der Waals surface area (Å²) in [5.74, 6) is -0.00941. The van der Waals surface area contributed by atoms with E-state index < -0.39 is 11.9 Å². The van der Waals surface area contributed by atoms with Crippen LogP contribution in [0, 0.1) is 0 Å². The van der Waals surface area contributed by atoms with Crippen molar-refractivity contribution >= 4 is 11.9 Å². The van der Waals surface area contributed by atoms with Gasteiger partial charge in [0.15, 0.2) is 0 Å². The van der Waals surface area contributed by atoms with Crippen LogP contribution < -0.4 is 14.8 Å². The smallest absolute Gasteiger partial charge is 0.308 e. The highest BCUT2D eigenvalue weighted by molar-refractivity contribution is 5.72. The Morgan fingerprint density at radius 3 is 2.47 bits per heavy atom. The number of nitrogens with zero attached hydrogens (tertiary/aromatic N) is 1. The Morgan fingerprint density at radius 2 is 1.82 bits per heavy atom. The molecule has 2 rings (SSSR count). The summed E-state index contributed by atoms with van der Waals surface area (Å²) in [6.07, 6.45) is 0. The van der Waals surface area contributed by atoms with Crippen molar-refractivity contribution in [2.75, 3.05) is 0 Å². The van der Waals surface area contributed by atoms with Gasteiger partial charge in [0, 0.05) is 38.6 Å². The Balaban J connectivity index is 2.38. The van der Waals surface area contributed by atoms with Crippen LogP contribution in [0.5, 0.6) is 11.5 Å². The average Bonchev–Trinajstić information content (AvgIpc) is 2.63. The molecule has 0 amide bonds. The molecule has 1 radical (unpaired) electrons. The minimum atomic E-state index is -0.409. The van der Waals surface area contributed by atoms with Crippen molar-refractivity contribution in [1.29, 1.82) is 0 Å². The Hall–Kier alpha value is -1.88. The summed E-state index contributed by atoms with van der Waals surface area (Å²) in [7, 11) is 0. The molecule has 0 aliphatic carbocycles. The van der Waals surface area contributed by atoms with Crippen LogP contribution >= 0.6 is 0 Å². The molecule has 0 saturated carbocycles. The molecule has 1 aliphatic heterocycles. The zero-order valence-electron chi connectivity index (χ0n) is 9.65. The van der Waals surface area contributed by atoms with Crippen LogP contribution in [-0.2, 0) is 22.7 Å². The van der Waals surface area contributed by atoms with Crippen LogP contribution in [0.2, 0.25) is 0 Å². The summed E-state index contributed by atoms with van der Waals surface area (Å²) in [6, 6.07) is 3.29. The van der Waals surface area contributed by atoms with Crippen molar-refractivity contribution in [3.63, 3.8) is 0 Å². The van der Waals surface area contributed by atoms with E-state index in [4.69, 9.17) is 9.47 Å². The molecular formula is C12H12NO4. The topological polar surface area (TPSA) is 66.7 Å². The third kappa shape index (κ3) is 2.62. The molecule has 0 bridgehead atoms. The van der Waals surface area contributed by atoms with Gasteiger partial charge < -0.3 is 9.47 Å². The Bertz CT molecular complexity index is 482. The van der Waals surface area contributed by atoms with E-state index in [0.717, 1.165) is 11.1 Å². The van der Waals surface area contributed by atoms with Gasteiger partial charge in [-0.05, 0) is 11.6 Å². The van der Waals surface area contributed by atoms with Gasteiger partial charge in [0.1, 0.15) is 11.5 Å². The zero-order valence-corrected chi connectivity index (χ0v) is 9.65. The van der Waals surface area contributed by atoms with E-state index in [0.29, 0.717) is 24.6 Å². The van der Waals surface area contributed by atoms with E-state index in [1.54, 1.807) is 12.1 Å². The minimum absolute atomic E-state index is 0.379. The summed E-state index contributed by atoms with van der Waals surface area (Å²) in [5, 5.41) is 4.21. The van der Waals surface area contributed by atoms with Gasteiger partial charge in [0.05, 0.1) is 0 Å². The molecule has 0 spiro atoms. The van der Waals surface area contributed by atoms with Gasteiger partial charge in [-0.1, -0.05) is 0 Å². The SMILES string of the molecule is CC(=O)Oc1cc2c(c(OC(C)=O)c1)C[N]C2. The number of rotatable bonds is 2. The van der Waals surface area contributed by atoms with E-state index >= 15 is 0 Å². The highest BCUT2D eigenvalue weighted by atomic mass is 16.5. The number of hydrogen-bond acceptors (Lipinski definition) is 4. The van der Waals surface area contributed by atoms with Gasteiger partial charge in [0.25, 0.3) is 0 Å². The van der Waals surface area contributed by atoms with Crippen LogP contribution in [0.4, 0.5) is 0 Å². The lowest BCUT2D eigenvalue weighted by Crippen LogP contribution is -2.06.